The first kappa shape index (κ1) is 14.0. The molecule has 2 rings (SSSR count). The van der Waals surface area contributed by atoms with Crippen molar-refractivity contribution in [1.29, 1.82) is 0 Å². The maximum absolute atomic E-state index is 11.7. The highest BCUT2D eigenvalue weighted by Gasteiger charge is 2.17. The molecule has 0 aliphatic carbocycles. The van der Waals surface area contributed by atoms with Crippen LogP contribution in [0.5, 0.6) is 0 Å². The zero-order valence-corrected chi connectivity index (χ0v) is 11.8. The number of aromatic amines is 1. The molecule has 3 N–H and O–H groups in total. The number of nitrogens with zero attached hydrogens (tertiary/aromatic N) is 1. The Kier molecular flexibility index (Phi) is 4.18. The van der Waals surface area contributed by atoms with Crippen LogP contribution in [-0.2, 0) is 10.2 Å². The van der Waals surface area contributed by atoms with Crippen LogP contribution in [0.1, 0.15) is 32.1 Å². The fourth-order valence-corrected chi connectivity index (χ4v) is 2.88. The van der Waals surface area contributed by atoms with Gasteiger partial charge in [0.1, 0.15) is 5.82 Å². The van der Waals surface area contributed by atoms with Crippen molar-refractivity contribution in [2.24, 2.45) is 0 Å². The van der Waals surface area contributed by atoms with Gasteiger partial charge in [0.05, 0.1) is 17.1 Å². The molecule has 0 aliphatic heterocycles. The molecule has 1 atom stereocenters. The summed E-state index contributed by atoms with van der Waals surface area (Å²) in [5.41, 5.74) is 1.72. The Hall–Kier alpha value is -1.44. The predicted octanol–water partition coefficient (Wildman–Crippen LogP) is 1.46. The number of hydrogen-bond donors (Lipinski definition) is 3. The minimum atomic E-state index is -3.49. The summed E-state index contributed by atoms with van der Waals surface area (Å²) in [6.07, 6.45) is 0.750. The van der Waals surface area contributed by atoms with Crippen LogP contribution in [0.25, 0.3) is 11.0 Å². The summed E-state index contributed by atoms with van der Waals surface area (Å²) >= 11 is 0. The number of aromatic nitrogens is 2. The highest BCUT2D eigenvalue weighted by molar-refractivity contribution is 7.87. The van der Waals surface area contributed by atoms with Crippen molar-refractivity contribution in [2.45, 2.75) is 26.3 Å². The van der Waals surface area contributed by atoms with Gasteiger partial charge in [-0.15, -0.1) is 0 Å². The molecule has 1 aromatic carbocycles. The normalized spacial score (nSPS) is 13.8. The van der Waals surface area contributed by atoms with E-state index >= 15 is 0 Å². The molecule has 0 aliphatic rings. The van der Waals surface area contributed by atoms with Crippen LogP contribution >= 0.6 is 0 Å². The summed E-state index contributed by atoms with van der Waals surface area (Å²) in [6.45, 7) is 4.08. The molecule has 0 spiro atoms. The fourth-order valence-electron chi connectivity index (χ4n) is 1.74. The van der Waals surface area contributed by atoms with Crippen molar-refractivity contribution in [3.8, 4) is 0 Å². The van der Waals surface area contributed by atoms with Crippen LogP contribution in [0.4, 0.5) is 0 Å². The second-order valence-electron chi connectivity index (χ2n) is 4.38. The van der Waals surface area contributed by atoms with Crippen LogP contribution in [-0.4, -0.2) is 24.9 Å². The van der Waals surface area contributed by atoms with E-state index in [1.54, 1.807) is 6.92 Å². The molecular weight excluding hydrogens is 264 g/mol. The van der Waals surface area contributed by atoms with Gasteiger partial charge in [-0.05, 0) is 25.5 Å². The predicted molar refractivity (Wildman–Crippen MR) is 74.9 cm³/mol. The molecule has 19 heavy (non-hydrogen) atoms. The Morgan fingerprint density at radius 1 is 1.37 bits per heavy atom. The second kappa shape index (κ2) is 5.68. The molecule has 1 aromatic heterocycles. The van der Waals surface area contributed by atoms with E-state index in [4.69, 9.17) is 0 Å². The Bertz CT molecular complexity index is 618. The quantitative estimate of drug-likeness (QED) is 0.749. The van der Waals surface area contributed by atoms with Gasteiger partial charge in [0.25, 0.3) is 10.2 Å². The van der Waals surface area contributed by atoms with E-state index in [9.17, 15) is 8.42 Å². The van der Waals surface area contributed by atoms with Gasteiger partial charge in [0.2, 0.25) is 0 Å². The van der Waals surface area contributed by atoms with Gasteiger partial charge in [0, 0.05) is 6.54 Å². The van der Waals surface area contributed by atoms with Crippen molar-refractivity contribution in [2.75, 3.05) is 6.54 Å². The first-order valence-electron chi connectivity index (χ1n) is 6.23. The molecule has 7 heteroatoms. The topological polar surface area (TPSA) is 86.9 Å². The third-order valence-electron chi connectivity index (χ3n) is 2.69. The average Bonchev–Trinajstić information content (AvgIpc) is 2.80. The first-order valence-corrected chi connectivity index (χ1v) is 7.71. The summed E-state index contributed by atoms with van der Waals surface area (Å²) in [7, 11) is -3.49. The van der Waals surface area contributed by atoms with Gasteiger partial charge in [-0.2, -0.15) is 13.1 Å². The third-order valence-corrected chi connectivity index (χ3v) is 3.94. The van der Waals surface area contributed by atoms with Crippen molar-refractivity contribution < 1.29 is 8.42 Å². The van der Waals surface area contributed by atoms with Crippen LogP contribution in [0.15, 0.2) is 24.3 Å². The van der Waals surface area contributed by atoms with E-state index in [1.807, 2.05) is 31.2 Å². The highest BCUT2D eigenvalue weighted by Crippen LogP contribution is 2.15. The molecule has 0 saturated carbocycles. The summed E-state index contributed by atoms with van der Waals surface area (Å²) in [6, 6.07) is 7.17. The van der Waals surface area contributed by atoms with Gasteiger partial charge < -0.3 is 4.98 Å². The summed E-state index contributed by atoms with van der Waals surface area (Å²) < 4.78 is 28.4. The van der Waals surface area contributed by atoms with E-state index in [0.717, 1.165) is 17.5 Å². The van der Waals surface area contributed by atoms with Crippen LogP contribution in [0.3, 0.4) is 0 Å². The molecule has 1 heterocycles. The smallest absolute Gasteiger partial charge is 0.277 e. The first-order chi connectivity index (χ1) is 9.02. The second-order valence-corrected chi connectivity index (χ2v) is 5.91. The minimum absolute atomic E-state index is 0.415. The third kappa shape index (κ3) is 3.52. The van der Waals surface area contributed by atoms with E-state index in [1.165, 1.54) is 0 Å². The van der Waals surface area contributed by atoms with Crippen molar-refractivity contribution in [3.05, 3.63) is 30.1 Å². The van der Waals surface area contributed by atoms with Crippen molar-refractivity contribution in [3.63, 3.8) is 0 Å². The lowest BCUT2D eigenvalue weighted by Gasteiger charge is -2.12. The molecule has 2 aromatic rings. The number of hydrogen-bond acceptors (Lipinski definition) is 3. The van der Waals surface area contributed by atoms with E-state index < -0.39 is 16.3 Å². The van der Waals surface area contributed by atoms with Gasteiger partial charge in [-0.3, -0.25) is 0 Å². The standard InChI is InChI=1S/C12H18N4O2S/c1-3-8-13-19(17,18)16-9(2)12-14-10-6-4-5-7-11(10)15-12/h4-7,9,13,16H,3,8H2,1-2H3,(H,14,15). The Morgan fingerprint density at radius 2 is 2.11 bits per heavy atom. The molecule has 6 nitrogen and oxygen atoms in total. The summed E-state index contributed by atoms with van der Waals surface area (Å²) in [4.78, 5) is 7.47. The van der Waals surface area contributed by atoms with Crippen LogP contribution < -0.4 is 9.44 Å². The Labute approximate surface area is 112 Å². The molecule has 0 fully saturated rings. The molecule has 0 amide bonds. The molecule has 1 unspecified atom stereocenters. The zero-order chi connectivity index (χ0) is 13.9. The zero-order valence-electron chi connectivity index (χ0n) is 11.0. The summed E-state index contributed by atoms with van der Waals surface area (Å²) in [5.74, 6) is 0.600. The lowest BCUT2D eigenvalue weighted by molar-refractivity contribution is 0.546. The van der Waals surface area contributed by atoms with Crippen LogP contribution in [0, 0.1) is 0 Å². The molecule has 0 radical (unpaired) electrons. The van der Waals surface area contributed by atoms with Gasteiger partial charge in [-0.1, -0.05) is 19.1 Å². The number of nitrogens with one attached hydrogen (secondary N) is 3. The average molecular weight is 282 g/mol. The highest BCUT2D eigenvalue weighted by atomic mass is 32.2. The number of H-pyrrole nitrogens is 1. The van der Waals surface area contributed by atoms with Crippen LogP contribution in [0.2, 0.25) is 0 Å². The molecule has 0 bridgehead atoms. The summed E-state index contributed by atoms with van der Waals surface area (Å²) in [5, 5.41) is 0. The molecular formula is C12H18N4O2S. The number of benzene rings is 1. The lowest BCUT2D eigenvalue weighted by Crippen LogP contribution is -2.38. The van der Waals surface area contributed by atoms with Gasteiger partial charge >= 0.3 is 0 Å². The maximum atomic E-state index is 11.7. The number of fused-ring (bicyclic) bond motifs is 1. The lowest BCUT2D eigenvalue weighted by atomic mass is 10.3. The minimum Gasteiger partial charge on any atom is -0.341 e. The number of imidazole rings is 1. The van der Waals surface area contributed by atoms with E-state index in [-0.39, 0.29) is 0 Å². The SMILES string of the molecule is CCCNS(=O)(=O)NC(C)c1nc2ccccc2[nH]1. The van der Waals surface area contributed by atoms with Crippen molar-refractivity contribution >= 4 is 21.2 Å². The van der Waals surface area contributed by atoms with E-state index in [2.05, 4.69) is 19.4 Å². The number of para-hydroxylation sites is 2. The largest absolute Gasteiger partial charge is 0.341 e. The van der Waals surface area contributed by atoms with Crippen molar-refractivity contribution in [1.82, 2.24) is 19.4 Å². The maximum Gasteiger partial charge on any atom is 0.277 e. The van der Waals surface area contributed by atoms with E-state index in [0.29, 0.717) is 12.4 Å². The Balaban J connectivity index is 2.13. The molecule has 0 saturated heterocycles. The Morgan fingerprint density at radius 3 is 2.79 bits per heavy atom. The monoisotopic (exact) mass is 282 g/mol. The number of rotatable bonds is 6. The van der Waals surface area contributed by atoms with Gasteiger partial charge in [-0.25, -0.2) is 9.71 Å². The fraction of sp³-hybridized carbons (Fsp3) is 0.417. The molecule has 104 valence electrons. The van der Waals surface area contributed by atoms with Gasteiger partial charge in [0.15, 0.2) is 0 Å².